The fourth-order valence-corrected chi connectivity index (χ4v) is 2.32. The Bertz CT molecular complexity index is 509. The lowest BCUT2D eigenvalue weighted by Crippen LogP contribution is -2.39. The molecule has 110 valence electrons. The fourth-order valence-electron chi connectivity index (χ4n) is 1.74. The van der Waals surface area contributed by atoms with Crippen LogP contribution in [0.1, 0.15) is 31.1 Å². The molecule has 1 rings (SSSR count). The van der Waals surface area contributed by atoms with Gasteiger partial charge >= 0.3 is 12.0 Å². The second kappa shape index (κ2) is 6.81. The maximum Gasteiger partial charge on any atom is 0.335 e. The molecule has 0 heterocycles. The summed E-state index contributed by atoms with van der Waals surface area (Å²) in [6.45, 7) is 6.17. The predicted octanol–water partition coefficient (Wildman–Crippen LogP) is 3.95. The van der Waals surface area contributed by atoms with E-state index < -0.39 is 5.97 Å². The van der Waals surface area contributed by atoms with Crippen LogP contribution in [0.4, 0.5) is 10.5 Å². The Hall–Kier alpha value is -1.46. The van der Waals surface area contributed by atoms with Crippen LogP contribution >= 0.6 is 23.2 Å². The van der Waals surface area contributed by atoms with Gasteiger partial charge in [-0.15, -0.1) is 0 Å². The van der Waals surface area contributed by atoms with Gasteiger partial charge in [-0.2, -0.15) is 0 Å². The SMILES string of the molecule is CCN(C(=O)Nc1c(Cl)cc(C(=O)O)cc1Cl)C(C)C. The fraction of sp³-hybridized carbons (Fsp3) is 0.385. The number of rotatable bonds is 4. The Morgan fingerprint density at radius 2 is 1.80 bits per heavy atom. The monoisotopic (exact) mass is 318 g/mol. The number of hydrogen-bond acceptors (Lipinski definition) is 2. The molecule has 1 aromatic carbocycles. The third-order valence-corrected chi connectivity index (χ3v) is 3.34. The average molecular weight is 319 g/mol. The van der Waals surface area contributed by atoms with Gasteiger partial charge in [0.15, 0.2) is 0 Å². The third kappa shape index (κ3) is 3.77. The van der Waals surface area contributed by atoms with E-state index in [1.54, 1.807) is 4.90 Å². The number of amides is 2. The highest BCUT2D eigenvalue weighted by molar-refractivity contribution is 6.40. The van der Waals surface area contributed by atoms with Gasteiger partial charge < -0.3 is 15.3 Å². The van der Waals surface area contributed by atoms with Crippen molar-refractivity contribution in [2.45, 2.75) is 26.8 Å². The number of nitrogens with zero attached hydrogens (tertiary/aromatic N) is 1. The number of carboxylic acids is 1. The second-order valence-electron chi connectivity index (χ2n) is 4.43. The minimum atomic E-state index is -1.14. The Labute approximate surface area is 127 Å². The summed E-state index contributed by atoms with van der Waals surface area (Å²) in [4.78, 5) is 24.6. The number of carboxylic acid groups (broad SMARTS) is 1. The second-order valence-corrected chi connectivity index (χ2v) is 5.24. The average Bonchev–Trinajstić information content (AvgIpc) is 2.33. The molecule has 0 bridgehead atoms. The van der Waals surface area contributed by atoms with Crippen LogP contribution in [-0.4, -0.2) is 34.6 Å². The molecular weight excluding hydrogens is 303 g/mol. The summed E-state index contributed by atoms with van der Waals surface area (Å²) in [6, 6.07) is 2.18. The number of anilines is 1. The normalized spacial score (nSPS) is 10.5. The van der Waals surface area contributed by atoms with Crippen molar-refractivity contribution < 1.29 is 14.7 Å². The summed E-state index contributed by atoms with van der Waals surface area (Å²) in [5, 5.41) is 11.7. The van der Waals surface area contributed by atoms with Gasteiger partial charge in [0.2, 0.25) is 0 Å². The zero-order valence-electron chi connectivity index (χ0n) is 11.4. The van der Waals surface area contributed by atoms with Crippen LogP contribution in [0, 0.1) is 0 Å². The highest BCUT2D eigenvalue weighted by Gasteiger charge is 2.19. The first-order valence-electron chi connectivity index (χ1n) is 6.07. The van der Waals surface area contributed by atoms with E-state index in [-0.39, 0.29) is 33.4 Å². The molecule has 0 spiro atoms. The van der Waals surface area contributed by atoms with Gasteiger partial charge in [-0.3, -0.25) is 0 Å². The number of benzene rings is 1. The summed E-state index contributed by atoms with van der Waals surface area (Å²) in [6.07, 6.45) is 0. The van der Waals surface area contributed by atoms with Crippen molar-refractivity contribution in [3.8, 4) is 0 Å². The smallest absolute Gasteiger partial charge is 0.335 e. The van der Waals surface area contributed by atoms with Crippen LogP contribution in [0.5, 0.6) is 0 Å². The van der Waals surface area contributed by atoms with Crippen molar-refractivity contribution in [2.24, 2.45) is 0 Å². The molecule has 2 N–H and O–H groups in total. The number of hydrogen-bond donors (Lipinski definition) is 2. The molecule has 0 aliphatic carbocycles. The highest BCUT2D eigenvalue weighted by Crippen LogP contribution is 2.32. The van der Waals surface area contributed by atoms with Crippen molar-refractivity contribution in [3.63, 3.8) is 0 Å². The first-order chi connectivity index (χ1) is 9.27. The molecule has 0 aromatic heterocycles. The molecule has 0 aliphatic rings. The minimum absolute atomic E-state index is 0.0239. The Kier molecular flexibility index (Phi) is 5.65. The lowest BCUT2D eigenvalue weighted by atomic mass is 10.2. The maximum absolute atomic E-state index is 12.1. The molecule has 7 heteroatoms. The molecule has 20 heavy (non-hydrogen) atoms. The van der Waals surface area contributed by atoms with Crippen molar-refractivity contribution in [1.29, 1.82) is 0 Å². The number of carbonyl (C=O) groups is 2. The molecule has 2 amide bonds. The minimum Gasteiger partial charge on any atom is -0.478 e. The first kappa shape index (κ1) is 16.6. The van der Waals surface area contributed by atoms with E-state index in [0.717, 1.165) is 0 Å². The van der Waals surface area contributed by atoms with Crippen LogP contribution in [0.25, 0.3) is 0 Å². The van der Waals surface area contributed by atoms with Crippen molar-refractivity contribution in [3.05, 3.63) is 27.7 Å². The van der Waals surface area contributed by atoms with Gasteiger partial charge in [0.25, 0.3) is 0 Å². The number of halogens is 2. The molecule has 0 unspecified atom stereocenters. The lowest BCUT2D eigenvalue weighted by molar-refractivity contribution is 0.0697. The number of urea groups is 1. The van der Waals surface area contributed by atoms with Gasteiger partial charge in [0, 0.05) is 12.6 Å². The topological polar surface area (TPSA) is 69.6 Å². The number of nitrogens with one attached hydrogen (secondary N) is 1. The Morgan fingerprint density at radius 3 is 2.15 bits per heavy atom. The van der Waals surface area contributed by atoms with E-state index in [9.17, 15) is 9.59 Å². The van der Waals surface area contributed by atoms with E-state index in [4.69, 9.17) is 28.3 Å². The molecule has 0 saturated carbocycles. The molecule has 0 saturated heterocycles. The number of carbonyl (C=O) groups excluding carboxylic acids is 1. The van der Waals surface area contributed by atoms with Crippen molar-refractivity contribution in [1.82, 2.24) is 4.90 Å². The summed E-state index contributed by atoms with van der Waals surface area (Å²) in [5.41, 5.74) is 0.177. The van der Waals surface area contributed by atoms with E-state index in [1.807, 2.05) is 20.8 Å². The van der Waals surface area contributed by atoms with Crippen LogP contribution in [0.15, 0.2) is 12.1 Å². The van der Waals surface area contributed by atoms with Crippen LogP contribution in [-0.2, 0) is 0 Å². The van der Waals surface area contributed by atoms with Crippen LogP contribution in [0.3, 0.4) is 0 Å². The van der Waals surface area contributed by atoms with E-state index in [0.29, 0.717) is 6.54 Å². The standard InChI is InChI=1S/C13H16Cl2N2O3/c1-4-17(7(2)3)13(20)16-11-9(14)5-8(12(18)19)6-10(11)15/h5-7H,4H2,1-3H3,(H,16,20)(H,18,19). The van der Waals surface area contributed by atoms with E-state index in [2.05, 4.69) is 5.32 Å². The largest absolute Gasteiger partial charge is 0.478 e. The van der Waals surface area contributed by atoms with E-state index >= 15 is 0 Å². The third-order valence-electron chi connectivity index (χ3n) is 2.75. The van der Waals surface area contributed by atoms with Gasteiger partial charge in [-0.1, -0.05) is 23.2 Å². The summed E-state index contributed by atoms with van der Waals surface area (Å²) >= 11 is 11.9. The molecule has 0 radical (unpaired) electrons. The number of aromatic carboxylic acids is 1. The zero-order chi connectivity index (χ0) is 15.4. The Balaban J connectivity index is 3.04. The van der Waals surface area contributed by atoms with Crippen LogP contribution in [0.2, 0.25) is 10.0 Å². The first-order valence-corrected chi connectivity index (χ1v) is 6.83. The quantitative estimate of drug-likeness (QED) is 0.882. The van der Waals surface area contributed by atoms with Gasteiger partial charge in [-0.05, 0) is 32.9 Å². The zero-order valence-corrected chi connectivity index (χ0v) is 12.9. The summed E-state index contributed by atoms with van der Waals surface area (Å²) in [5.74, 6) is -1.14. The van der Waals surface area contributed by atoms with Crippen molar-refractivity contribution in [2.75, 3.05) is 11.9 Å². The van der Waals surface area contributed by atoms with E-state index in [1.165, 1.54) is 12.1 Å². The summed E-state index contributed by atoms with van der Waals surface area (Å²) < 4.78 is 0. The van der Waals surface area contributed by atoms with Gasteiger partial charge in [0.1, 0.15) is 0 Å². The maximum atomic E-state index is 12.1. The lowest BCUT2D eigenvalue weighted by Gasteiger charge is -2.25. The molecule has 0 aliphatic heterocycles. The van der Waals surface area contributed by atoms with Crippen molar-refractivity contribution >= 4 is 40.9 Å². The molecule has 5 nitrogen and oxygen atoms in total. The predicted molar refractivity (Wildman–Crippen MR) is 80.0 cm³/mol. The van der Waals surface area contributed by atoms with Crippen LogP contribution < -0.4 is 5.32 Å². The van der Waals surface area contributed by atoms with Gasteiger partial charge in [-0.25, -0.2) is 9.59 Å². The highest BCUT2D eigenvalue weighted by atomic mass is 35.5. The molecule has 0 atom stereocenters. The molecule has 1 aromatic rings. The van der Waals surface area contributed by atoms with Gasteiger partial charge in [0.05, 0.1) is 21.3 Å². The molecular formula is C13H16Cl2N2O3. The molecule has 0 fully saturated rings. The Morgan fingerprint density at radius 1 is 1.30 bits per heavy atom. The summed E-state index contributed by atoms with van der Waals surface area (Å²) in [7, 11) is 0.